The van der Waals surface area contributed by atoms with Crippen molar-refractivity contribution in [3.8, 4) is 5.75 Å². The molecule has 33 heavy (non-hydrogen) atoms. The number of aliphatic hydroxyl groups excluding tert-OH is 1. The summed E-state index contributed by atoms with van der Waals surface area (Å²) in [6.07, 6.45) is -0.478. The number of imide groups is 1. The van der Waals surface area contributed by atoms with Crippen molar-refractivity contribution in [2.24, 2.45) is 0 Å². The van der Waals surface area contributed by atoms with E-state index in [0.717, 1.165) is 16.0 Å². The number of hydrogen-bond acceptors (Lipinski definition) is 7. The van der Waals surface area contributed by atoms with Gasteiger partial charge in [0.05, 0.1) is 12.1 Å². The Morgan fingerprint density at radius 3 is 2.70 bits per heavy atom. The fourth-order valence-electron chi connectivity index (χ4n) is 4.85. The van der Waals surface area contributed by atoms with Gasteiger partial charge in [0.1, 0.15) is 5.75 Å². The van der Waals surface area contributed by atoms with Crippen LogP contribution in [0.4, 0.5) is 4.79 Å². The number of likely N-dealkylation sites (N-methyl/N-ethyl adjacent to an activating group) is 1. The Kier molecular flexibility index (Phi) is 6.44. The van der Waals surface area contributed by atoms with Crippen LogP contribution < -0.4 is 4.65 Å². The van der Waals surface area contributed by atoms with E-state index in [1.807, 2.05) is 25.1 Å². The Labute approximate surface area is 192 Å². The van der Waals surface area contributed by atoms with E-state index in [9.17, 15) is 29.3 Å². The third kappa shape index (κ3) is 4.34. The van der Waals surface area contributed by atoms with Crippen LogP contribution in [0.2, 0.25) is 5.82 Å². The number of hydrogen-bond donors (Lipinski definition) is 2. The van der Waals surface area contributed by atoms with E-state index in [4.69, 9.17) is 4.65 Å². The molecule has 1 aromatic rings. The van der Waals surface area contributed by atoms with Gasteiger partial charge in [-0.1, -0.05) is 18.2 Å². The van der Waals surface area contributed by atoms with E-state index in [-0.39, 0.29) is 38.3 Å². The summed E-state index contributed by atoms with van der Waals surface area (Å²) in [6.45, 7) is 4.16. The maximum atomic E-state index is 13.2. The minimum atomic E-state index is -1.17. The lowest BCUT2D eigenvalue weighted by atomic mass is 9.64. The summed E-state index contributed by atoms with van der Waals surface area (Å²) in [4.78, 5) is 54.3. The fourth-order valence-corrected chi connectivity index (χ4v) is 4.85. The minimum absolute atomic E-state index is 0.0378. The van der Waals surface area contributed by atoms with Gasteiger partial charge in [0, 0.05) is 44.8 Å². The Morgan fingerprint density at radius 2 is 1.97 bits per heavy atom. The van der Waals surface area contributed by atoms with Gasteiger partial charge in [0.2, 0.25) is 0 Å². The molecule has 0 aliphatic carbocycles. The summed E-state index contributed by atoms with van der Waals surface area (Å²) in [5.41, 5.74) is 1.80. The first kappa shape index (κ1) is 23.3. The summed E-state index contributed by atoms with van der Waals surface area (Å²) in [7, 11) is -1.17. The largest absolute Gasteiger partial charge is 0.536 e. The third-order valence-electron chi connectivity index (χ3n) is 6.70. The van der Waals surface area contributed by atoms with Gasteiger partial charge < -0.3 is 24.6 Å². The van der Waals surface area contributed by atoms with Crippen LogP contribution in [-0.2, 0) is 20.8 Å². The number of likely N-dealkylation sites (tertiary alicyclic amines) is 1. The number of amides is 4. The van der Waals surface area contributed by atoms with Crippen LogP contribution in [0.15, 0.2) is 18.2 Å². The van der Waals surface area contributed by atoms with Crippen LogP contribution in [0, 0.1) is 6.92 Å². The molecule has 0 spiro atoms. The zero-order valence-electron chi connectivity index (χ0n) is 18.8. The van der Waals surface area contributed by atoms with Crippen LogP contribution >= 0.6 is 0 Å². The quantitative estimate of drug-likeness (QED) is 0.481. The Bertz CT molecular complexity index is 987. The summed E-state index contributed by atoms with van der Waals surface area (Å²) < 4.78 is 5.65. The molecule has 3 aliphatic rings. The SMILES string of the molecule is CCN1CCN(C(=O)N2C[C@H](O)C[C@@H]2C(=O)C[C@H]2Cc3cccc(C)c3OB2O)C(=O)C1=O. The molecule has 0 saturated carbocycles. The number of ketones is 1. The van der Waals surface area contributed by atoms with Gasteiger partial charge >= 0.3 is 25.0 Å². The predicted molar refractivity (Wildman–Crippen MR) is 117 cm³/mol. The Morgan fingerprint density at radius 1 is 1.21 bits per heavy atom. The van der Waals surface area contributed by atoms with Crippen molar-refractivity contribution in [3.63, 3.8) is 0 Å². The van der Waals surface area contributed by atoms with E-state index >= 15 is 0 Å². The van der Waals surface area contributed by atoms with Crippen LogP contribution in [0.3, 0.4) is 0 Å². The molecule has 3 aliphatic heterocycles. The smallest absolute Gasteiger partial charge is 0.526 e. The number of piperazine rings is 1. The molecule has 0 unspecified atom stereocenters. The van der Waals surface area contributed by atoms with E-state index < -0.39 is 42.9 Å². The number of para-hydroxylation sites is 1. The average molecular weight is 457 g/mol. The molecule has 2 N–H and O–H groups in total. The molecule has 10 nitrogen and oxygen atoms in total. The number of aryl methyl sites for hydroxylation is 1. The fraction of sp³-hybridized carbons (Fsp3) is 0.545. The van der Waals surface area contributed by atoms with Crippen LogP contribution in [-0.4, -0.2) is 93.9 Å². The highest BCUT2D eigenvalue weighted by Crippen LogP contribution is 2.36. The highest BCUT2D eigenvalue weighted by Gasteiger charge is 2.46. The van der Waals surface area contributed by atoms with E-state index in [0.29, 0.717) is 18.7 Å². The number of carbonyl (C=O) groups excluding carboxylic acids is 4. The van der Waals surface area contributed by atoms with Crippen LogP contribution in [0.25, 0.3) is 0 Å². The summed E-state index contributed by atoms with van der Waals surface area (Å²) in [6, 6.07) is 3.97. The van der Waals surface area contributed by atoms with Crippen molar-refractivity contribution in [2.45, 2.75) is 51.1 Å². The topological polar surface area (TPSA) is 128 Å². The lowest BCUT2D eigenvalue weighted by Crippen LogP contribution is -2.60. The van der Waals surface area contributed by atoms with Gasteiger partial charge in [-0.05, 0) is 31.4 Å². The second-order valence-corrected chi connectivity index (χ2v) is 8.89. The van der Waals surface area contributed by atoms with Crippen LogP contribution in [0.1, 0.15) is 30.9 Å². The number of benzene rings is 1. The first-order valence-corrected chi connectivity index (χ1v) is 11.3. The van der Waals surface area contributed by atoms with Gasteiger partial charge in [0.25, 0.3) is 0 Å². The molecule has 3 heterocycles. The molecule has 2 fully saturated rings. The van der Waals surface area contributed by atoms with Crippen molar-refractivity contribution in [1.29, 1.82) is 0 Å². The highest BCUT2D eigenvalue weighted by molar-refractivity contribution is 6.46. The maximum absolute atomic E-state index is 13.2. The third-order valence-corrected chi connectivity index (χ3v) is 6.70. The summed E-state index contributed by atoms with van der Waals surface area (Å²) >= 11 is 0. The van der Waals surface area contributed by atoms with Crippen molar-refractivity contribution in [3.05, 3.63) is 29.3 Å². The van der Waals surface area contributed by atoms with E-state index in [1.165, 1.54) is 9.80 Å². The lowest BCUT2D eigenvalue weighted by Gasteiger charge is -2.35. The molecule has 2 saturated heterocycles. The molecular weight excluding hydrogens is 429 g/mol. The second-order valence-electron chi connectivity index (χ2n) is 8.89. The summed E-state index contributed by atoms with van der Waals surface area (Å²) in [5.74, 6) is -1.89. The monoisotopic (exact) mass is 457 g/mol. The number of fused-ring (bicyclic) bond motifs is 1. The van der Waals surface area contributed by atoms with E-state index in [2.05, 4.69) is 0 Å². The number of urea groups is 1. The average Bonchev–Trinajstić information content (AvgIpc) is 3.18. The molecule has 11 heteroatoms. The molecule has 0 aromatic heterocycles. The molecular formula is C22H28BN3O7. The van der Waals surface area contributed by atoms with Gasteiger partial charge in [-0.25, -0.2) is 4.79 Å². The minimum Gasteiger partial charge on any atom is -0.536 e. The molecule has 176 valence electrons. The van der Waals surface area contributed by atoms with Crippen molar-refractivity contribution >= 4 is 30.7 Å². The maximum Gasteiger partial charge on any atom is 0.526 e. The Balaban J connectivity index is 1.46. The molecule has 1 aromatic carbocycles. The van der Waals surface area contributed by atoms with Gasteiger partial charge in [-0.3, -0.25) is 19.3 Å². The van der Waals surface area contributed by atoms with Crippen molar-refractivity contribution < 1.29 is 34.0 Å². The number of β-amino-alcohol motifs (C(OH)–C–C–N with tert-alkyl or cyclic N) is 1. The van der Waals surface area contributed by atoms with E-state index in [1.54, 1.807) is 6.92 Å². The number of aliphatic hydroxyl groups is 1. The normalized spacial score (nSPS) is 25.3. The predicted octanol–water partition coefficient (Wildman–Crippen LogP) is -0.0143. The molecule has 0 radical (unpaired) electrons. The zero-order valence-corrected chi connectivity index (χ0v) is 18.8. The second kappa shape index (κ2) is 9.15. The Hall–Kier alpha value is -2.92. The summed E-state index contributed by atoms with van der Waals surface area (Å²) in [5, 5.41) is 20.7. The van der Waals surface area contributed by atoms with Gasteiger partial charge in [-0.2, -0.15) is 0 Å². The first-order valence-electron chi connectivity index (χ1n) is 11.3. The number of carbonyl (C=O) groups is 4. The number of Topliss-reactive ketones (excluding diaryl/α,β-unsaturated/α-hetero) is 1. The number of nitrogens with zero attached hydrogens (tertiary/aromatic N) is 3. The van der Waals surface area contributed by atoms with Gasteiger partial charge in [0.15, 0.2) is 5.78 Å². The molecule has 4 rings (SSSR count). The molecule has 3 atom stereocenters. The highest BCUT2D eigenvalue weighted by atomic mass is 16.5. The standard InChI is InChI=1S/C22H28BN3O7/c1-3-24-7-8-25(21(30)20(24)29)22(31)26-12-16(27)11-17(26)18(28)10-15-9-14-6-4-5-13(2)19(14)33-23(15)32/h4-6,15-17,27,32H,3,7-12H2,1-2H3/t15-,16-,17-/m1/s1. The number of rotatable bonds is 4. The molecule has 0 bridgehead atoms. The van der Waals surface area contributed by atoms with Crippen molar-refractivity contribution in [1.82, 2.24) is 14.7 Å². The molecule has 4 amide bonds. The van der Waals surface area contributed by atoms with Gasteiger partial charge in [-0.15, -0.1) is 0 Å². The van der Waals surface area contributed by atoms with Crippen LogP contribution in [0.5, 0.6) is 5.75 Å². The first-order chi connectivity index (χ1) is 15.7. The lowest BCUT2D eigenvalue weighted by molar-refractivity contribution is -0.154. The zero-order chi connectivity index (χ0) is 23.9. The van der Waals surface area contributed by atoms with Crippen molar-refractivity contribution in [2.75, 3.05) is 26.2 Å².